The van der Waals surface area contributed by atoms with Crippen molar-refractivity contribution >= 4 is 23.2 Å². The van der Waals surface area contributed by atoms with E-state index in [4.69, 9.17) is 28.9 Å². The largest absolute Gasteiger partial charge is 0.346 e. The monoisotopic (exact) mass is 254 g/mol. The van der Waals surface area contributed by atoms with Gasteiger partial charge in [0.25, 0.3) is 0 Å². The highest BCUT2D eigenvalue weighted by atomic mass is 35.5. The minimum Gasteiger partial charge on any atom is -0.346 e. The molecule has 0 aliphatic rings. The van der Waals surface area contributed by atoms with E-state index in [2.05, 4.69) is 4.57 Å². The topological polar surface area (TPSA) is 30.9 Å². The molecular weight excluding hydrogens is 243 g/mol. The predicted molar refractivity (Wildman–Crippen MR) is 67.9 cm³/mol. The Hall–Kier alpha value is -0.960. The molecule has 1 heterocycles. The van der Waals surface area contributed by atoms with E-state index in [1.807, 2.05) is 30.5 Å². The molecule has 2 nitrogen and oxygen atoms in total. The SMILES string of the molecule is NCc1cccn1Cc1cccc(Cl)c1Cl. The Morgan fingerprint density at radius 3 is 2.69 bits per heavy atom. The molecule has 1 aromatic heterocycles. The molecule has 0 amide bonds. The van der Waals surface area contributed by atoms with Gasteiger partial charge < -0.3 is 10.3 Å². The molecule has 2 N–H and O–H groups in total. The fourth-order valence-electron chi connectivity index (χ4n) is 1.64. The van der Waals surface area contributed by atoms with Crippen LogP contribution in [0.15, 0.2) is 36.5 Å². The first-order valence-electron chi connectivity index (χ1n) is 4.99. The smallest absolute Gasteiger partial charge is 0.0642 e. The van der Waals surface area contributed by atoms with Crippen LogP contribution in [0.25, 0.3) is 0 Å². The Kier molecular flexibility index (Phi) is 3.54. The van der Waals surface area contributed by atoms with Crippen molar-refractivity contribution in [1.29, 1.82) is 0 Å². The molecule has 4 heteroatoms. The second kappa shape index (κ2) is 4.91. The summed E-state index contributed by atoms with van der Waals surface area (Å²) in [6.07, 6.45) is 1.99. The Morgan fingerprint density at radius 1 is 1.12 bits per heavy atom. The maximum Gasteiger partial charge on any atom is 0.0642 e. The summed E-state index contributed by atoms with van der Waals surface area (Å²) in [6, 6.07) is 9.62. The first kappa shape index (κ1) is 11.5. The Labute approximate surface area is 105 Å². The summed E-state index contributed by atoms with van der Waals surface area (Å²) in [7, 11) is 0. The van der Waals surface area contributed by atoms with E-state index in [0.29, 0.717) is 23.1 Å². The van der Waals surface area contributed by atoms with Gasteiger partial charge in [-0.3, -0.25) is 0 Å². The van der Waals surface area contributed by atoms with Gasteiger partial charge in [0.2, 0.25) is 0 Å². The Balaban J connectivity index is 2.30. The molecule has 0 saturated heterocycles. The second-order valence-electron chi connectivity index (χ2n) is 3.54. The van der Waals surface area contributed by atoms with Crippen molar-refractivity contribution in [3.8, 4) is 0 Å². The lowest BCUT2D eigenvalue weighted by molar-refractivity contribution is 0.744. The zero-order chi connectivity index (χ0) is 11.5. The average molecular weight is 255 g/mol. The van der Waals surface area contributed by atoms with Gasteiger partial charge >= 0.3 is 0 Å². The van der Waals surface area contributed by atoms with Crippen LogP contribution in [0.5, 0.6) is 0 Å². The third-order valence-electron chi connectivity index (χ3n) is 2.50. The van der Waals surface area contributed by atoms with E-state index >= 15 is 0 Å². The standard InChI is InChI=1S/C12H12Cl2N2/c13-11-5-1-3-9(12(11)14)8-16-6-2-4-10(16)7-15/h1-6H,7-8,15H2. The molecule has 1 aromatic carbocycles. The summed E-state index contributed by atoms with van der Waals surface area (Å²) < 4.78 is 2.07. The van der Waals surface area contributed by atoms with Crippen LogP contribution in [0.3, 0.4) is 0 Å². The number of benzene rings is 1. The second-order valence-corrected chi connectivity index (χ2v) is 4.33. The Bertz CT molecular complexity index is 492. The number of hydrogen-bond donors (Lipinski definition) is 1. The molecule has 0 spiro atoms. The highest BCUT2D eigenvalue weighted by Gasteiger charge is 2.06. The molecule has 0 bridgehead atoms. The van der Waals surface area contributed by atoms with Crippen molar-refractivity contribution in [3.05, 3.63) is 57.8 Å². The van der Waals surface area contributed by atoms with Crippen molar-refractivity contribution in [2.24, 2.45) is 5.73 Å². The van der Waals surface area contributed by atoms with E-state index in [1.54, 1.807) is 6.07 Å². The molecule has 0 saturated carbocycles. The van der Waals surface area contributed by atoms with Gasteiger partial charge in [0.1, 0.15) is 0 Å². The molecular formula is C12H12Cl2N2. The summed E-state index contributed by atoms with van der Waals surface area (Å²) >= 11 is 12.1. The minimum absolute atomic E-state index is 0.519. The molecule has 0 aliphatic heterocycles. The van der Waals surface area contributed by atoms with Gasteiger partial charge in [-0.15, -0.1) is 0 Å². The lowest BCUT2D eigenvalue weighted by atomic mass is 10.2. The van der Waals surface area contributed by atoms with Crippen LogP contribution in [0.1, 0.15) is 11.3 Å². The van der Waals surface area contributed by atoms with Gasteiger partial charge in [-0.25, -0.2) is 0 Å². The molecule has 0 unspecified atom stereocenters. The van der Waals surface area contributed by atoms with Gasteiger partial charge in [0.15, 0.2) is 0 Å². The fourth-order valence-corrected chi connectivity index (χ4v) is 2.02. The molecule has 0 fully saturated rings. The van der Waals surface area contributed by atoms with E-state index in [-0.39, 0.29) is 0 Å². The van der Waals surface area contributed by atoms with E-state index < -0.39 is 0 Å². The maximum absolute atomic E-state index is 6.13. The number of halogens is 2. The quantitative estimate of drug-likeness (QED) is 0.896. The van der Waals surface area contributed by atoms with Crippen molar-refractivity contribution < 1.29 is 0 Å². The van der Waals surface area contributed by atoms with Gasteiger partial charge in [-0.1, -0.05) is 35.3 Å². The molecule has 16 heavy (non-hydrogen) atoms. The summed E-state index contributed by atoms with van der Waals surface area (Å²) in [4.78, 5) is 0. The van der Waals surface area contributed by atoms with Crippen LogP contribution < -0.4 is 5.73 Å². The maximum atomic E-state index is 6.13. The van der Waals surface area contributed by atoms with E-state index in [9.17, 15) is 0 Å². The summed E-state index contributed by atoms with van der Waals surface area (Å²) in [5.74, 6) is 0. The van der Waals surface area contributed by atoms with Crippen LogP contribution in [0, 0.1) is 0 Å². The normalized spacial score (nSPS) is 10.7. The van der Waals surface area contributed by atoms with Crippen LogP contribution in [-0.4, -0.2) is 4.57 Å². The van der Waals surface area contributed by atoms with Gasteiger partial charge in [0, 0.05) is 25.0 Å². The van der Waals surface area contributed by atoms with Crippen LogP contribution >= 0.6 is 23.2 Å². The fraction of sp³-hybridized carbons (Fsp3) is 0.167. The van der Waals surface area contributed by atoms with Crippen LogP contribution in [-0.2, 0) is 13.1 Å². The van der Waals surface area contributed by atoms with Crippen molar-refractivity contribution in [2.45, 2.75) is 13.1 Å². The average Bonchev–Trinajstić information content (AvgIpc) is 2.72. The molecule has 0 radical (unpaired) electrons. The van der Waals surface area contributed by atoms with Crippen molar-refractivity contribution in [1.82, 2.24) is 4.57 Å². The predicted octanol–water partition coefficient (Wildman–Crippen LogP) is 3.30. The van der Waals surface area contributed by atoms with Crippen LogP contribution in [0.2, 0.25) is 10.0 Å². The lowest BCUT2D eigenvalue weighted by Gasteiger charge is -2.10. The summed E-state index contributed by atoms with van der Waals surface area (Å²) in [6.45, 7) is 1.21. The minimum atomic E-state index is 0.519. The number of hydrogen-bond acceptors (Lipinski definition) is 1. The van der Waals surface area contributed by atoms with Crippen molar-refractivity contribution in [2.75, 3.05) is 0 Å². The number of aromatic nitrogens is 1. The Morgan fingerprint density at radius 2 is 1.94 bits per heavy atom. The zero-order valence-electron chi connectivity index (χ0n) is 8.66. The number of rotatable bonds is 3. The number of nitrogens with zero attached hydrogens (tertiary/aromatic N) is 1. The van der Waals surface area contributed by atoms with Crippen LogP contribution in [0.4, 0.5) is 0 Å². The highest BCUT2D eigenvalue weighted by molar-refractivity contribution is 6.42. The van der Waals surface area contributed by atoms with Gasteiger partial charge in [-0.05, 0) is 23.8 Å². The molecule has 84 valence electrons. The van der Waals surface area contributed by atoms with E-state index in [1.165, 1.54) is 0 Å². The lowest BCUT2D eigenvalue weighted by Crippen LogP contribution is -2.07. The first-order valence-corrected chi connectivity index (χ1v) is 5.75. The molecule has 0 atom stereocenters. The summed E-state index contributed by atoms with van der Waals surface area (Å²) in [5.41, 5.74) is 7.72. The van der Waals surface area contributed by atoms with E-state index in [0.717, 1.165) is 11.3 Å². The van der Waals surface area contributed by atoms with Gasteiger partial charge in [-0.2, -0.15) is 0 Å². The molecule has 2 rings (SSSR count). The first-order chi connectivity index (χ1) is 7.72. The zero-order valence-corrected chi connectivity index (χ0v) is 10.2. The third kappa shape index (κ3) is 2.24. The van der Waals surface area contributed by atoms with Gasteiger partial charge in [0.05, 0.1) is 10.0 Å². The highest BCUT2D eigenvalue weighted by Crippen LogP contribution is 2.26. The van der Waals surface area contributed by atoms with Crippen molar-refractivity contribution in [3.63, 3.8) is 0 Å². The number of nitrogens with two attached hydrogens (primary N) is 1. The third-order valence-corrected chi connectivity index (χ3v) is 3.36. The molecule has 2 aromatic rings. The summed E-state index contributed by atoms with van der Waals surface area (Å²) in [5, 5.41) is 1.20. The molecule has 0 aliphatic carbocycles.